The van der Waals surface area contributed by atoms with E-state index >= 15 is 0 Å². The minimum atomic E-state index is 0.333. The number of benzene rings is 1. The molecule has 0 bridgehead atoms. The number of likely N-dealkylation sites (N-methyl/N-ethyl adjacent to an activating group) is 1. The number of phenols is 1. The molecule has 0 unspecified atom stereocenters. The maximum Gasteiger partial charge on any atom is 0.126 e. The molecule has 2 N–H and O–H groups in total. The van der Waals surface area contributed by atoms with Crippen molar-refractivity contribution in [3.63, 3.8) is 0 Å². The monoisotopic (exact) mass is 282 g/mol. The first-order valence-electron chi connectivity index (χ1n) is 5.21. The number of rotatable bonds is 3. The van der Waals surface area contributed by atoms with Gasteiger partial charge in [0.15, 0.2) is 0 Å². The summed E-state index contributed by atoms with van der Waals surface area (Å²) in [5.74, 6) is 0.333. The van der Waals surface area contributed by atoms with Gasteiger partial charge in [0.2, 0.25) is 0 Å². The molecule has 0 aliphatic rings. The summed E-state index contributed by atoms with van der Waals surface area (Å²) in [7, 11) is 4.09. The molecule has 0 amide bonds. The molecule has 0 aliphatic carbocycles. The molecule has 1 aromatic carbocycles. The molecule has 0 saturated carbocycles. The van der Waals surface area contributed by atoms with E-state index < -0.39 is 0 Å². The van der Waals surface area contributed by atoms with Crippen molar-refractivity contribution >= 4 is 26.8 Å². The molecule has 0 spiro atoms. The lowest BCUT2D eigenvalue weighted by Gasteiger charge is -2.08. The second kappa shape index (κ2) is 4.47. The third-order valence-corrected chi connectivity index (χ3v) is 3.09. The number of hydrogen-bond acceptors (Lipinski definition) is 2. The van der Waals surface area contributed by atoms with Crippen LogP contribution in [-0.4, -0.2) is 35.6 Å². The minimum absolute atomic E-state index is 0.333. The molecule has 0 aliphatic heterocycles. The van der Waals surface area contributed by atoms with E-state index in [9.17, 15) is 5.11 Å². The van der Waals surface area contributed by atoms with Crippen molar-refractivity contribution in [3.8, 4) is 5.75 Å². The van der Waals surface area contributed by atoms with Gasteiger partial charge in [-0.05, 0) is 38.2 Å². The summed E-state index contributed by atoms with van der Waals surface area (Å²) >= 11 is 3.37. The number of fused-ring (bicyclic) bond motifs is 1. The molecule has 3 nitrogen and oxygen atoms in total. The third-order valence-electron chi connectivity index (χ3n) is 2.63. The Morgan fingerprint density at radius 3 is 2.81 bits per heavy atom. The summed E-state index contributed by atoms with van der Waals surface area (Å²) in [4.78, 5) is 5.32. The van der Waals surface area contributed by atoms with Crippen LogP contribution in [0.4, 0.5) is 0 Å². The Balaban J connectivity index is 2.40. The smallest absolute Gasteiger partial charge is 0.126 e. The van der Waals surface area contributed by atoms with Gasteiger partial charge in [0, 0.05) is 22.6 Å². The van der Waals surface area contributed by atoms with Crippen LogP contribution in [0.15, 0.2) is 22.8 Å². The van der Waals surface area contributed by atoms with Crippen LogP contribution in [0.25, 0.3) is 10.9 Å². The van der Waals surface area contributed by atoms with Gasteiger partial charge in [0.1, 0.15) is 5.75 Å². The first-order valence-corrected chi connectivity index (χ1v) is 6.00. The fourth-order valence-electron chi connectivity index (χ4n) is 1.82. The molecule has 1 aromatic heterocycles. The topological polar surface area (TPSA) is 39.3 Å². The van der Waals surface area contributed by atoms with Gasteiger partial charge in [-0.2, -0.15) is 0 Å². The summed E-state index contributed by atoms with van der Waals surface area (Å²) < 4.78 is 0.888. The molecular weight excluding hydrogens is 268 g/mol. The zero-order valence-corrected chi connectivity index (χ0v) is 11.0. The maximum atomic E-state index is 9.92. The van der Waals surface area contributed by atoms with Crippen LogP contribution in [0.5, 0.6) is 5.75 Å². The van der Waals surface area contributed by atoms with Crippen LogP contribution >= 0.6 is 15.9 Å². The Labute approximate surface area is 103 Å². The lowest BCUT2D eigenvalue weighted by molar-refractivity contribution is 0.414. The van der Waals surface area contributed by atoms with E-state index in [-0.39, 0.29) is 0 Å². The van der Waals surface area contributed by atoms with Crippen molar-refractivity contribution in [1.29, 1.82) is 0 Å². The molecule has 0 saturated heterocycles. The average molecular weight is 283 g/mol. The van der Waals surface area contributed by atoms with Gasteiger partial charge in [-0.3, -0.25) is 0 Å². The summed E-state index contributed by atoms with van der Waals surface area (Å²) in [5, 5.41) is 10.9. The molecule has 0 fully saturated rings. The van der Waals surface area contributed by atoms with E-state index in [2.05, 4.69) is 25.8 Å². The van der Waals surface area contributed by atoms with Crippen LogP contribution in [0.3, 0.4) is 0 Å². The molecule has 4 heteroatoms. The molecule has 2 rings (SSSR count). The standard InChI is InChI=1S/C12H15BrN2O/c1-15(2)4-3-8-7-14-10-5-9(13)6-11(16)12(8)10/h5-7,14,16H,3-4H2,1-2H3. The number of nitrogens with zero attached hydrogens (tertiary/aromatic N) is 1. The first kappa shape index (κ1) is 11.5. The van der Waals surface area contributed by atoms with Crippen LogP contribution in [0, 0.1) is 0 Å². The number of aromatic amines is 1. The predicted octanol–water partition coefficient (Wildman–Crippen LogP) is 2.74. The summed E-state index contributed by atoms with van der Waals surface area (Å²) in [6, 6.07) is 3.71. The van der Waals surface area contributed by atoms with Crippen molar-refractivity contribution in [2.24, 2.45) is 0 Å². The van der Waals surface area contributed by atoms with Crippen molar-refractivity contribution in [3.05, 3.63) is 28.4 Å². The van der Waals surface area contributed by atoms with E-state index in [0.717, 1.165) is 33.9 Å². The highest BCUT2D eigenvalue weighted by Gasteiger charge is 2.09. The Bertz CT molecular complexity index is 505. The number of aromatic nitrogens is 1. The zero-order valence-electron chi connectivity index (χ0n) is 9.42. The van der Waals surface area contributed by atoms with Crippen molar-refractivity contribution in [1.82, 2.24) is 9.88 Å². The van der Waals surface area contributed by atoms with Crippen LogP contribution in [0.2, 0.25) is 0 Å². The maximum absolute atomic E-state index is 9.92. The highest BCUT2D eigenvalue weighted by molar-refractivity contribution is 9.10. The highest BCUT2D eigenvalue weighted by Crippen LogP contribution is 2.31. The van der Waals surface area contributed by atoms with Gasteiger partial charge in [-0.1, -0.05) is 15.9 Å². The Morgan fingerprint density at radius 1 is 1.38 bits per heavy atom. The highest BCUT2D eigenvalue weighted by atomic mass is 79.9. The largest absolute Gasteiger partial charge is 0.507 e. The van der Waals surface area contributed by atoms with E-state index in [1.807, 2.05) is 26.4 Å². The fourth-order valence-corrected chi connectivity index (χ4v) is 2.27. The van der Waals surface area contributed by atoms with E-state index in [1.54, 1.807) is 6.07 Å². The van der Waals surface area contributed by atoms with E-state index in [0.29, 0.717) is 5.75 Å². The van der Waals surface area contributed by atoms with Crippen molar-refractivity contribution in [2.75, 3.05) is 20.6 Å². The van der Waals surface area contributed by atoms with Gasteiger partial charge < -0.3 is 15.0 Å². The average Bonchev–Trinajstić information content (AvgIpc) is 2.57. The van der Waals surface area contributed by atoms with Gasteiger partial charge in [0.25, 0.3) is 0 Å². The number of aromatic hydroxyl groups is 1. The van der Waals surface area contributed by atoms with Gasteiger partial charge in [-0.25, -0.2) is 0 Å². The summed E-state index contributed by atoms with van der Waals surface area (Å²) in [5.41, 5.74) is 2.13. The molecule has 1 heterocycles. The normalized spacial score (nSPS) is 11.5. The number of halogens is 1. The molecule has 86 valence electrons. The molecule has 2 aromatic rings. The van der Waals surface area contributed by atoms with Gasteiger partial charge in [0.05, 0.1) is 5.52 Å². The number of nitrogens with one attached hydrogen (secondary N) is 1. The van der Waals surface area contributed by atoms with Gasteiger partial charge in [-0.15, -0.1) is 0 Å². The van der Waals surface area contributed by atoms with E-state index in [4.69, 9.17) is 0 Å². The molecule has 16 heavy (non-hydrogen) atoms. The predicted molar refractivity (Wildman–Crippen MR) is 69.9 cm³/mol. The Kier molecular flexibility index (Phi) is 3.21. The second-order valence-electron chi connectivity index (χ2n) is 4.21. The minimum Gasteiger partial charge on any atom is -0.507 e. The lowest BCUT2D eigenvalue weighted by atomic mass is 10.1. The number of H-pyrrole nitrogens is 1. The summed E-state index contributed by atoms with van der Waals surface area (Å²) in [6.45, 7) is 0.975. The van der Waals surface area contributed by atoms with Crippen LogP contribution in [0.1, 0.15) is 5.56 Å². The Morgan fingerprint density at radius 2 is 2.12 bits per heavy atom. The quantitative estimate of drug-likeness (QED) is 0.909. The van der Waals surface area contributed by atoms with Crippen molar-refractivity contribution in [2.45, 2.75) is 6.42 Å². The molecule has 0 atom stereocenters. The van der Waals surface area contributed by atoms with Crippen LogP contribution in [-0.2, 0) is 6.42 Å². The third kappa shape index (κ3) is 2.23. The number of phenolic OH excluding ortho intramolecular Hbond substituents is 1. The summed E-state index contributed by atoms with van der Waals surface area (Å²) in [6.07, 6.45) is 2.91. The van der Waals surface area contributed by atoms with Crippen LogP contribution < -0.4 is 0 Å². The second-order valence-corrected chi connectivity index (χ2v) is 5.13. The first-order chi connectivity index (χ1) is 7.58. The Hall–Kier alpha value is -1.00. The van der Waals surface area contributed by atoms with Crippen molar-refractivity contribution < 1.29 is 5.11 Å². The van der Waals surface area contributed by atoms with E-state index in [1.165, 1.54) is 0 Å². The molecule has 0 radical (unpaired) electrons. The number of hydrogen-bond donors (Lipinski definition) is 2. The zero-order chi connectivity index (χ0) is 11.7. The lowest BCUT2D eigenvalue weighted by Crippen LogP contribution is -2.14. The van der Waals surface area contributed by atoms with Gasteiger partial charge >= 0.3 is 0 Å². The molecular formula is C12H15BrN2O. The fraction of sp³-hybridized carbons (Fsp3) is 0.333. The SMILES string of the molecule is CN(C)CCc1c[nH]c2cc(Br)cc(O)c12.